The van der Waals surface area contributed by atoms with Crippen molar-refractivity contribution in [3.05, 3.63) is 59.8 Å². The number of nitrogens with two attached hydrogens (primary N) is 1. The molecule has 1 saturated carbocycles. The Kier molecular flexibility index (Phi) is 14.0. The van der Waals surface area contributed by atoms with E-state index in [4.69, 9.17) is 10.5 Å². The normalized spacial score (nSPS) is 16.1. The van der Waals surface area contributed by atoms with E-state index in [-0.39, 0.29) is 30.8 Å². The largest absolute Gasteiger partial charge is 0.456 e. The Morgan fingerprint density at radius 3 is 2.47 bits per heavy atom. The summed E-state index contributed by atoms with van der Waals surface area (Å²) in [6, 6.07) is 11.5. The second-order valence-corrected chi connectivity index (χ2v) is 13.5. The number of pyridine rings is 1. The van der Waals surface area contributed by atoms with Gasteiger partial charge in [-0.1, -0.05) is 50.3 Å². The fourth-order valence-electron chi connectivity index (χ4n) is 5.18. The molecule has 5 N–H and O–H groups in total. The molecule has 0 aliphatic heterocycles. The minimum absolute atomic E-state index is 0.0968. The Bertz CT molecular complexity index is 1150. The molecule has 2 amide bonds. The summed E-state index contributed by atoms with van der Waals surface area (Å²) in [5.74, 6) is 0.231. The fraction of sp³-hybridized carbons (Fsp3) is 0.576. The van der Waals surface area contributed by atoms with E-state index >= 15 is 0 Å². The number of aliphatic hydroxyl groups is 1. The van der Waals surface area contributed by atoms with Gasteiger partial charge in [-0.05, 0) is 75.8 Å². The zero-order valence-electron chi connectivity index (χ0n) is 25.7. The number of esters is 1. The summed E-state index contributed by atoms with van der Waals surface area (Å²) in [6.45, 7) is 5.58. The smallest absolute Gasteiger partial charge is 0.338 e. The van der Waals surface area contributed by atoms with Crippen LogP contribution in [0.15, 0.2) is 53.7 Å². The van der Waals surface area contributed by atoms with Gasteiger partial charge in [0.05, 0.1) is 28.8 Å². The van der Waals surface area contributed by atoms with E-state index in [1.165, 1.54) is 19.3 Å². The number of benzene rings is 1. The summed E-state index contributed by atoms with van der Waals surface area (Å²) in [4.78, 5) is 42.0. The number of aliphatic hydroxyl groups excluding tert-OH is 1. The molecule has 1 heterocycles. The van der Waals surface area contributed by atoms with Crippen LogP contribution in [-0.2, 0) is 20.7 Å². The van der Waals surface area contributed by atoms with Crippen molar-refractivity contribution in [2.24, 2.45) is 11.7 Å². The van der Waals surface area contributed by atoms with Gasteiger partial charge >= 0.3 is 5.97 Å². The quantitative estimate of drug-likeness (QED) is 0.171. The number of nitrogens with one attached hydrogen (secondary N) is 2. The van der Waals surface area contributed by atoms with Crippen molar-refractivity contribution in [1.29, 1.82) is 0 Å². The van der Waals surface area contributed by atoms with E-state index in [2.05, 4.69) is 15.6 Å². The minimum atomic E-state index is -0.798. The number of hydrogen-bond donors (Lipinski definition) is 4. The van der Waals surface area contributed by atoms with Crippen molar-refractivity contribution in [2.45, 2.75) is 107 Å². The third-order valence-electron chi connectivity index (χ3n) is 7.46. The molecule has 1 aromatic heterocycles. The van der Waals surface area contributed by atoms with E-state index in [1.54, 1.807) is 42.2 Å². The van der Waals surface area contributed by atoms with Crippen LogP contribution in [0.4, 0.5) is 0 Å². The molecule has 1 aliphatic rings. The average molecular weight is 613 g/mol. The van der Waals surface area contributed by atoms with E-state index < -0.39 is 23.7 Å². The summed E-state index contributed by atoms with van der Waals surface area (Å²) in [7, 11) is 0. The van der Waals surface area contributed by atoms with E-state index in [1.807, 2.05) is 39.0 Å². The van der Waals surface area contributed by atoms with Crippen LogP contribution < -0.4 is 16.4 Å². The van der Waals surface area contributed by atoms with E-state index in [0.29, 0.717) is 30.1 Å². The monoisotopic (exact) mass is 612 g/mol. The maximum absolute atomic E-state index is 12.9. The highest BCUT2D eigenvalue weighted by atomic mass is 32.2. The summed E-state index contributed by atoms with van der Waals surface area (Å²) in [5.41, 5.74) is 6.78. The van der Waals surface area contributed by atoms with Crippen LogP contribution in [0.25, 0.3) is 0 Å². The minimum Gasteiger partial charge on any atom is -0.456 e. The van der Waals surface area contributed by atoms with Crippen molar-refractivity contribution >= 4 is 29.5 Å². The van der Waals surface area contributed by atoms with Crippen molar-refractivity contribution in [2.75, 3.05) is 12.3 Å². The number of hydrogen-bond acceptors (Lipinski definition) is 8. The van der Waals surface area contributed by atoms with Gasteiger partial charge in [-0.2, -0.15) is 0 Å². The lowest BCUT2D eigenvalue weighted by Crippen LogP contribution is -2.47. The van der Waals surface area contributed by atoms with Crippen LogP contribution in [0.3, 0.4) is 0 Å². The Balaban J connectivity index is 1.43. The first-order valence-electron chi connectivity index (χ1n) is 15.4. The molecule has 0 saturated heterocycles. The first kappa shape index (κ1) is 34.5. The third-order valence-corrected chi connectivity index (χ3v) is 8.43. The molecule has 9 nitrogen and oxygen atoms in total. The first-order chi connectivity index (χ1) is 20.5. The molecule has 1 fully saturated rings. The standard InChI is InChI=1S/C33H48N4O5S/c1-33(2,3)42-32(41)25-14-12-24(13-15-25)21-26(34)31(40)36-19-16-29(39)37-27(22-23-9-5-4-6-10-23)28(38)17-20-43-30-11-7-8-18-35-30/h7-8,11-15,18,23,26-28,38H,4-6,9-10,16-17,19-22,34H2,1-3H3,(H,36,40)(H,37,39)/t26-,27-,28-/m0/s1. The maximum atomic E-state index is 12.9. The van der Waals surface area contributed by atoms with Crippen LogP contribution in [0.5, 0.6) is 0 Å². The lowest BCUT2D eigenvalue weighted by molar-refractivity contribution is -0.124. The van der Waals surface area contributed by atoms with Gasteiger partial charge < -0.3 is 26.2 Å². The molecule has 3 atom stereocenters. The van der Waals surface area contributed by atoms with Crippen LogP contribution in [-0.4, -0.2) is 64.0 Å². The van der Waals surface area contributed by atoms with Gasteiger partial charge in [0.15, 0.2) is 0 Å². The first-order valence-corrected chi connectivity index (χ1v) is 16.4. The number of nitrogens with zero attached hydrogens (tertiary/aromatic N) is 1. The second kappa shape index (κ2) is 17.4. The van der Waals surface area contributed by atoms with Crippen molar-refractivity contribution in [3.63, 3.8) is 0 Å². The summed E-state index contributed by atoms with van der Waals surface area (Å²) in [5, 5.41) is 17.7. The number of carbonyl (C=O) groups is 3. The van der Waals surface area contributed by atoms with Crippen LogP contribution in [0.2, 0.25) is 0 Å². The van der Waals surface area contributed by atoms with Gasteiger partial charge in [0, 0.05) is 24.9 Å². The van der Waals surface area contributed by atoms with Gasteiger partial charge in [-0.3, -0.25) is 9.59 Å². The highest BCUT2D eigenvalue weighted by Gasteiger charge is 2.26. The number of rotatable bonds is 15. The fourth-order valence-corrected chi connectivity index (χ4v) is 6.06. The molecular formula is C33H48N4O5S. The Labute approximate surface area is 260 Å². The van der Waals surface area contributed by atoms with Gasteiger partial charge in [-0.15, -0.1) is 11.8 Å². The lowest BCUT2D eigenvalue weighted by atomic mass is 9.83. The Morgan fingerprint density at radius 1 is 1.09 bits per heavy atom. The second-order valence-electron chi connectivity index (χ2n) is 12.3. The SMILES string of the molecule is CC(C)(C)OC(=O)c1ccc(C[C@H](N)C(=O)NCCC(=O)N[C@@H](CC2CCCCC2)[C@@H](O)CCSc2ccccn2)cc1. The summed E-state index contributed by atoms with van der Waals surface area (Å²) >= 11 is 1.59. The molecule has 0 unspecified atom stereocenters. The molecule has 10 heteroatoms. The molecule has 2 aromatic rings. The highest BCUT2D eigenvalue weighted by Crippen LogP contribution is 2.29. The number of amides is 2. The number of aromatic nitrogens is 1. The predicted octanol–water partition coefficient (Wildman–Crippen LogP) is 4.41. The van der Waals surface area contributed by atoms with Crippen molar-refractivity contribution in [3.8, 4) is 0 Å². The molecule has 0 bridgehead atoms. The molecule has 3 rings (SSSR count). The van der Waals surface area contributed by atoms with Gasteiger partial charge in [0.1, 0.15) is 5.60 Å². The zero-order valence-corrected chi connectivity index (χ0v) is 26.5. The van der Waals surface area contributed by atoms with Gasteiger partial charge in [0.2, 0.25) is 11.8 Å². The Hall–Kier alpha value is -2.95. The summed E-state index contributed by atoms with van der Waals surface area (Å²) < 4.78 is 5.38. The van der Waals surface area contributed by atoms with Crippen LogP contribution in [0.1, 0.15) is 88.1 Å². The van der Waals surface area contributed by atoms with Gasteiger partial charge in [0.25, 0.3) is 0 Å². The summed E-state index contributed by atoms with van der Waals surface area (Å²) in [6.07, 6.45) is 8.66. The van der Waals surface area contributed by atoms with Crippen molar-refractivity contribution in [1.82, 2.24) is 15.6 Å². The molecule has 0 radical (unpaired) electrons. The Morgan fingerprint density at radius 2 is 1.81 bits per heavy atom. The zero-order chi connectivity index (χ0) is 31.2. The van der Waals surface area contributed by atoms with Gasteiger partial charge in [-0.25, -0.2) is 9.78 Å². The lowest BCUT2D eigenvalue weighted by Gasteiger charge is -2.30. The molecule has 1 aromatic carbocycles. The van der Waals surface area contributed by atoms with E-state index in [9.17, 15) is 19.5 Å². The molecule has 43 heavy (non-hydrogen) atoms. The molecule has 236 valence electrons. The topological polar surface area (TPSA) is 144 Å². The number of ether oxygens (including phenoxy) is 1. The number of thioether (sulfide) groups is 1. The third kappa shape index (κ3) is 13.1. The maximum Gasteiger partial charge on any atom is 0.338 e. The van der Waals surface area contributed by atoms with Crippen LogP contribution >= 0.6 is 11.8 Å². The average Bonchev–Trinajstić information content (AvgIpc) is 2.97. The van der Waals surface area contributed by atoms with E-state index in [0.717, 1.165) is 29.9 Å². The van der Waals surface area contributed by atoms with Crippen molar-refractivity contribution < 1.29 is 24.2 Å². The van der Waals surface area contributed by atoms with Crippen LogP contribution in [0, 0.1) is 5.92 Å². The molecule has 0 spiro atoms. The predicted molar refractivity (Wildman–Crippen MR) is 170 cm³/mol. The molecule has 1 aliphatic carbocycles. The molecular weight excluding hydrogens is 564 g/mol. The number of carbonyl (C=O) groups excluding carboxylic acids is 3. The highest BCUT2D eigenvalue weighted by molar-refractivity contribution is 7.99.